The summed E-state index contributed by atoms with van der Waals surface area (Å²) >= 11 is 0. The van der Waals surface area contributed by atoms with Crippen molar-refractivity contribution in [1.29, 1.82) is 0 Å². The van der Waals surface area contributed by atoms with E-state index in [-0.39, 0.29) is 17.7 Å². The van der Waals surface area contributed by atoms with E-state index < -0.39 is 29.5 Å². The number of aromatic nitrogens is 2. The van der Waals surface area contributed by atoms with Crippen molar-refractivity contribution in [1.82, 2.24) is 15.5 Å². The molecule has 3 rings (SSSR count). The number of H-pyrrole nitrogens is 1. The first-order chi connectivity index (χ1) is 12.5. The fourth-order valence-corrected chi connectivity index (χ4v) is 2.42. The van der Waals surface area contributed by atoms with Gasteiger partial charge in [0, 0.05) is 12.1 Å². The van der Waals surface area contributed by atoms with Crippen molar-refractivity contribution in [2.45, 2.75) is 6.10 Å². The number of aromatic amines is 1. The standard InChI is InChI=1S/C18H14F3N3O2/c19-12-4-1-10(2-5-12)17-13(8-23-24-17)18(26)22-9-16(25)11-3-6-14(20)15(21)7-11/h1-8,16,25H,9H2,(H,22,26)(H,23,24). The highest BCUT2D eigenvalue weighted by molar-refractivity contribution is 5.99. The lowest BCUT2D eigenvalue weighted by Crippen LogP contribution is -2.28. The largest absolute Gasteiger partial charge is 0.387 e. The van der Waals surface area contributed by atoms with Gasteiger partial charge in [-0.05, 0) is 42.0 Å². The molecule has 1 aromatic heterocycles. The van der Waals surface area contributed by atoms with E-state index in [1.807, 2.05) is 0 Å². The molecule has 8 heteroatoms. The van der Waals surface area contributed by atoms with Crippen LogP contribution in [0.4, 0.5) is 13.2 Å². The van der Waals surface area contributed by atoms with Crippen molar-refractivity contribution >= 4 is 5.91 Å². The average molecular weight is 361 g/mol. The van der Waals surface area contributed by atoms with E-state index in [1.54, 1.807) is 0 Å². The van der Waals surface area contributed by atoms with Crippen molar-refractivity contribution in [3.8, 4) is 11.3 Å². The van der Waals surface area contributed by atoms with E-state index >= 15 is 0 Å². The Bertz CT molecular complexity index is 926. The van der Waals surface area contributed by atoms with Crippen LogP contribution in [0.3, 0.4) is 0 Å². The highest BCUT2D eigenvalue weighted by Crippen LogP contribution is 2.22. The molecular formula is C18H14F3N3O2. The Hall–Kier alpha value is -3.13. The minimum atomic E-state index is -1.21. The van der Waals surface area contributed by atoms with E-state index in [2.05, 4.69) is 15.5 Å². The number of hydrogen-bond acceptors (Lipinski definition) is 3. The number of amides is 1. The Morgan fingerprint density at radius 3 is 2.54 bits per heavy atom. The molecule has 0 spiro atoms. The number of halogens is 3. The van der Waals surface area contributed by atoms with Crippen LogP contribution in [0.5, 0.6) is 0 Å². The number of rotatable bonds is 5. The van der Waals surface area contributed by atoms with Crippen LogP contribution in [0, 0.1) is 17.5 Å². The first kappa shape index (κ1) is 17.7. The molecule has 0 aliphatic carbocycles. The van der Waals surface area contributed by atoms with Crippen LogP contribution in [0.2, 0.25) is 0 Å². The second-order valence-corrected chi connectivity index (χ2v) is 5.56. The number of benzene rings is 2. The molecule has 1 amide bonds. The lowest BCUT2D eigenvalue weighted by atomic mass is 10.1. The average Bonchev–Trinajstić information content (AvgIpc) is 3.12. The molecule has 5 nitrogen and oxygen atoms in total. The number of nitrogens with zero attached hydrogens (tertiary/aromatic N) is 1. The normalized spacial score (nSPS) is 12.0. The topological polar surface area (TPSA) is 78.0 Å². The van der Waals surface area contributed by atoms with Gasteiger partial charge in [-0.1, -0.05) is 6.07 Å². The molecule has 3 N–H and O–H groups in total. The first-order valence-corrected chi connectivity index (χ1v) is 7.66. The lowest BCUT2D eigenvalue weighted by molar-refractivity contribution is 0.0917. The van der Waals surface area contributed by atoms with Crippen LogP contribution in [-0.4, -0.2) is 27.8 Å². The van der Waals surface area contributed by atoms with E-state index in [9.17, 15) is 23.1 Å². The molecule has 0 saturated heterocycles. The summed E-state index contributed by atoms with van der Waals surface area (Å²) in [6.45, 7) is -0.210. The fourth-order valence-electron chi connectivity index (χ4n) is 2.42. The maximum atomic E-state index is 13.2. The minimum absolute atomic E-state index is 0.134. The second-order valence-electron chi connectivity index (χ2n) is 5.56. The molecule has 0 saturated carbocycles. The van der Waals surface area contributed by atoms with Gasteiger partial charge in [0.25, 0.3) is 5.91 Å². The van der Waals surface area contributed by atoms with Gasteiger partial charge in [-0.25, -0.2) is 13.2 Å². The Morgan fingerprint density at radius 2 is 1.85 bits per heavy atom. The summed E-state index contributed by atoms with van der Waals surface area (Å²) in [6.07, 6.45) is 0.0908. The second kappa shape index (κ2) is 7.40. The smallest absolute Gasteiger partial charge is 0.255 e. The first-order valence-electron chi connectivity index (χ1n) is 7.66. The molecule has 1 heterocycles. The molecule has 0 fully saturated rings. The molecule has 1 atom stereocenters. The van der Waals surface area contributed by atoms with Crippen LogP contribution >= 0.6 is 0 Å². The van der Waals surface area contributed by atoms with Gasteiger partial charge in [0.15, 0.2) is 11.6 Å². The minimum Gasteiger partial charge on any atom is -0.387 e. The van der Waals surface area contributed by atoms with Crippen LogP contribution < -0.4 is 5.32 Å². The zero-order valence-corrected chi connectivity index (χ0v) is 13.3. The van der Waals surface area contributed by atoms with Crippen LogP contribution in [0.1, 0.15) is 22.0 Å². The zero-order valence-electron chi connectivity index (χ0n) is 13.3. The van der Waals surface area contributed by atoms with Gasteiger partial charge in [-0.2, -0.15) is 5.10 Å². The summed E-state index contributed by atoms with van der Waals surface area (Å²) in [5.41, 5.74) is 1.30. The lowest BCUT2D eigenvalue weighted by Gasteiger charge is -2.12. The van der Waals surface area contributed by atoms with E-state index in [0.717, 1.165) is 12.1 Å². The van der Waals surface area contributed by atoms with Crippen molar-refractivity contribution in [3.63, 3.8) is 0 Å². The quantitative estimate of drug-likeness (QED) is 0.654. The molecule has 134 valence electrons. The summed E-state index contributed by atoms with van der Waals surface area (Å²) in [7, 11) is 0. The van der Waals surface area contributed by atoms with Gasteiger partial charge in [-0.15, -0.1) is 0 Å². The summed E-state index contributed by atoms with van der Waals surface area (Å²) in [4.78, 5) is 12.3. The third-order valence-corrected chi connectivity index (χ3v) is 3.80. The summed E-state index contributed by atoms with van der Waals surface area (Å²) in [6, 6.07) is 8.50. The van der Waals surface area contributed by atoms with Gasteiger partial charge in [0.2, 0.25) is 0 Å². The van der Waals surface area contributed by atoms with Crippen molar-refractivity contribution in [3.05, 3.63) is 77.2 Å². The summed E-state index contributed by atoms with van der Waals surface area (Å²) < 4.78 is 39.2. The van der Waals surface area contributed by atoms with E-state index in [0.29, 0.717) is 11.3 Å². The number of carbonyl (C=O) groups is 1. The van der Waals surface area contributed by atoms with Crippen molar-refractivity contribution < 1.29 is 23.1 Å². The molecule has 0 radical (unpaired) electrons. The van der Waals surface area contributed by atoms with Crippen LogP contribution in [0.15, 0.2) is 48.7 Å². The van der Waals surface area contributed by atoms with Crippen molar-refractivity contribution in [2.75, 3.05) is 6.54 Å². The number of hydrogen-bond donors (Lipinski definition) is 3. The third kappa shape index (κ3) is 3.75. The van der Waals surface area contributed by atoms with E-state index in [4.69, 9.17) is 0 Å². The predicted octanol–water partition coefficient (Wildman–Crippen LogP) is 2.96. The molecule has 26 heavy (non-hydrogen) atoms. The Balaban J connectivity index is 1.70. The van der Waals surface area contributed by atoms with E-state index in [1.165, 1.54) is 36.5 Å². The highest BCUT2D eigenvalue weighted by atomic mass is 19.2. The number of nitrogens with one attached hydrogen (secondary N) is 2. The van der Waals surface area contributed by atoms with Crippen LogP contribution in [0.25, 0.3) is 11.3 Å². The maximum absolute atomic E-state index is 13.2. The highest BCUT2D eigenvalue weighted by Gasteiger charge is 2.17. The predicted molar refractivity (Wildman–Crippen MR) is 87.6 cm³/mol. The van der Waals surface area contributed by atoms with Crippen molar-refractivity contribution in [2.24, 2.45) is 0 Å². The maximum Gasteiger partial charge on any atom is 0.255 e. The summed E-state index contributed by atoms with van der Waals surface area (Å²) in [5.74, 6) is -3.04. The Kier molecular flexibility index (Phi) is 5.04. The number of carbonyl (C=O) groups excluding carboxylic acids is 1. The number of aliphatic hydroxyl groups is 1. The molecule has 0 bridgehead atoms. The van der Waals surface area contributed by atoms with Gasteiger partial charge in [0.05, 0.1) is 23.6 Å². The molecule has 1 unspecified atom stereocenters. The zero-order chi connectivity index (χ0) is 18.7. The SMILES string of the molecule is O=C(NCC(O)c1ccc(F)c(F)c1)c1cn[nH]c1-c1ccc(F)cc1. The molecule has 2 aromatic carbocycles. The summed E-state index contributed by atoms with van der Waals surface area (Å²) in [5, 5.41) is 19.0. The molecule has 0 aliphatic rings. The molecule has 0 aliphatic heterocycles. The monoisotopic (exact) mass is 361 g/mol. The van der Waals surface area contributed by atoms with Gasteiger partial charge < -0.3 is 10.4 Å². The van der Waals surface area contributed by atoms with Gasteiger partial charge >= 0.3 is 0 Å². The third-order valence-electron chi connectivity index (χ3n) is 3.80. The number of aliphatic hydroxyl groups excluding tert-OH is 1. The van der Waals surface area contributed by atoms with Gasteiger partial charge in [0.1, 0.15) is 5.82 Å². The van der Waals surface area contributed by atoms with Crippen LogP contribution in [-0.2, 0) is 0 Å². The Morgan fingerprint density at radius 1 is 1.12 bits per heavy atom. The fraction of sp³-hybridized carbons (Fsp3) is 0.111. The molecule has 3 aromatic rings. The Labute approximate surface area is 146 Å². The van der Waals surface area contributed by atoms with Gasteiger partial charge in [-0.3, -0.25) is 9.89 Å². The molecular weight excluding hydrogens is 347 g/mol.